The number of nitrogens with one attached hydrogen (secondary N) is 2. The Hall–Kier alpha value is -1.50. The topological polar surface area (TPSA) is 53.6 Å². The van der Waals surface area contributed by atoms with Crippen LogP contribution in [0, 0.1) is 0 Å². The summed E-state index contributed by atoms with van der Waals surface area (Å²) in [6.07, 6.45) is 3.04. The van der Waals surface area contributed by atoms with Crippen molar-refractivity contribution in [2.75, 3.05) is 32.7 Å². The van der Waals surface area contributed by atoms with Crippen molar-refractivity contribution in [2.24, 2.45) is 0 Å². The van der Waals surface area contributed by atoms with E-state index in [1.54, 1.807) is 18.2 Å². The highest BCUT2D eigenvalue weighted by Crippen LogP contribution is 2.28. The fraction of sp³-hybridized carbons (Fsp3) is 0.435. The molecule has 1 amide bonds. The highest BCUT2D eigenvalue weighted by atomic mass is 35.5. The average Bonchev–Trinajstić information content (AvgIpc) is 3.42. The Morgan fingerprint density at radius 2 is 1.97 bits per heavy atom. The Morgan fingerprint density at radius 1 is 1.10 bits per heavy atom. The summed E-state index contributed by atoms with van der Waals surface area (Å²) < 4.78 is 5.98. The summed E-state index contributed by atoms with van der Waals surface area (Å²) in [5, 5.41) is 7.88. The van der Waals surface area contributed by atoms with Crippen LogP contribution in [0.4, 0.5) is 0 Å². The first-order chi connectivity index (χ1) is 15.0. The van der Waals surface area contributed by atoms with Gasteiger partial charge in [-0.25, -0.2) is 0 Å². The lowest BCUT2D eigenvalue weighted by molar-refractivity contribution is 0.0938. The quantitative estimate of drug-likeness (QED) is 0.613. The molecule has 0 aliphatic carbocycles. The maximum atomic E-state index is 12.5. The zero-order chi connectivity index (χ0) is 21.8. The molecule has 0 aromatic heterocycles. The number of hydrogen-bond acceptors (Lipinski definition) is 4. The number of carbonyl (C=O) groups excluding carboxylic acids is 1. The molecule has 2 aromatic rings. The van der Waals surface area contributed by atoms with Crippen molar-refractivity contribution >= 4 is 40.7 Å². The summed E-state index contributed by atoms with van der Waals surface area (Å²) in [5.41, 5.74) is 1.71. The van der Waals surface area contributed by atoms with Crippen LogP contribution < -0.4 is 15.4 Å². The second-order valence-corrected chi connectivity index (χ2v) is 9.36. The van der Waals surface area contributed by atoms with Crippen molar-refractivity contribution in [3.63, 3.8) is 0 Å². The van der Waals surface area contributed by atoms with Crippen LogP contribution in [0.3, 0.4) is 0 Å². The summed E-state index contributed by atoms with van der Waals surface area (Å²) in [7, 11) is 0. The molecule has 2 aromatic carbocycles. The number of nitrogens with zero attached hydrogens (tertiary/aromatic N) is 1. The molecule has 2 atom stereocenters. The van der Waals surface area contributed by atoms with Gasteiger partial charge in [0.05, 0.1) is 15.1 Å². The molecule has 8 heteroatoms. The van der Waals surface area contributed by atoms with Gasteiger partial charge in [-0.3, -0.25) is 4.79 Å². The fourth-order valence-corrected chi connectivity index (χ4v) is 4.60. The number of halogens is 3. The fourth-order valence-electron chi connectivity index (χ4n) is 4.05. The van der Waals surface area contributed by atoms with Crippen LogP contribution in [-0.4, -0.2) is 55.7 Å². The highest BCUT2D eigenvalue weighted by molar-refractivity contribution is 6.42. The van der Waals surface area contributed by atoms with E-state index in [0.717, 1.165) is 57.7 Å². The molecule has 2 N–H and O–H groups in total. The molecule has 2 fully saturated rings. The minimum absolute atomic E-state index is 0.120. The third kappa shape index (κ3) is 6.05. The number of benzene rings is 2. The van der Waals surface area contributed by atoms with Crippen molar-refractivity contribution in [3.8, 4) is 5.75 Å². The van der Waals surface area contributed by atoms with Crippen LogP contribution >= 0.6 is 34.8 Å². The second-order valence-electron chi connectivity index (χ2n) is 8.14. The monoisotopic (exact) mass is 481 g/mol. The van der Waals surface area contributed by atoms with E-state index < -0.39 is 0 Å². The van der Waals surface area contributed by atoms with Gasteiger partial charge in [-0.2, -0.15) is 0 Å². The van der Waals surface area contributed by atoms with Gasteiger partial charge in [0.1, 0.15) is 11.9 Å². The largest absolute Gasteiger partial charge is 0.487 e. The summed E-state index contributed by atoms with van der Waals surface area (Å²) in [5.74, 6) is 0.635. The average molecular weight is 483 g/mol. The van der Waals surface area contributed by atoms with Gasteiger partial charge >= 0.3 is 0 Å². The van der Waals surface area contributed by atoms with Crippen LogP contribution in [0.25, 0.3) is 0 Å². The SMILES string of the molecule is O=C(N[C@H]1CCN(CCc2ccc(O[C@H]3CCNC3)c(Cl)c2)C1)c1ccc(Cl)c(Cl)c1. The zero-order valence-corrected chi connectivity index (χ0v) is 19.4. The molecular weight excluding hydrogens is 457 g/mol. The van der Waals surface area contributed by atoms with E-state index in [0.29, 0.717) is 20.6 Å². The molecule has 31 heavy (non-hydrogen) atoms. The van der Waals surface area contributed by atoms with E-state index in [-0.39, 0.29) is 18.1 Å². The molecule has 0 saturated carbocycles. The lowest BCUT2D eigenvalue weighted by Crippen LogP contribution is -2.37. The van der Waals surface area contributed by atoms with Crippen LogP contribution in [0.5, 0.6) is 5.75 Å². The van der Waals surface area contributed by atoms with Gasteiger partial charge in [0.15, 0.2) is 0 Å². The Kier molecular flexibility index (Phi) is 7.62. The number of rotatable bonds is 7. The van der Waals surface area contributed by atoms with E-state index in [1.165, 1.54) is 5.56 Å². The third-order valence-corrected chi connectivity index (χ3v) is 6.85. The van der Waals surface area contributed by atoms with Crippen LogP contribution in [0.15, 0.2) is 36.4 Å². The van der Waals surface area contributed by atoms with Gasteiger partial charge in [0.2, 0.25) is 0 Å². The first kappa shape index (κ1) is 22.7. The van der Waals surface area contributed by atoms with Gasteiger partial charge in [-0.1, -0.05) is 40.9 Å². The summed E-state index contributed by atoms with van der Waals surface area (Å²) >= 11 is 18.4. The zero-order valence-electron chi connectivity index (χ0n) is 17.2. The smallest absolute Gasteiger partial charge is 0.251 e. The number of hydrogen-bond donors (Lipinski definition) is 2. The van der Waals surface area contributed by atoms with Gasteiger partial charge in [-0.15, -0.1) is 0 Å². The molecule has 166 valence electrons. The predicted octanol–water partition coefficient (Wildman–Crippen LogP) is 4.43. The molecule has 5 nitrogen and oxygen atoms in total. The maximum Gasteiger partial charge on any atom is 0.251 e. The first-order valence-corrected chi connectivity index (χ1v) is 11.8. The molecule has 2 saturated heterocycles. The predicted molar refractivity (Wildman–Crippen MR) is 126 cm³/mol. The molecule has 2 heterocycles. The molecule has 0 spiro atoms. The van der Waals surface area contributed by atoms with Crippen molar-refractivity contribution in [1.29, 1.82) is 0 Å². The van der Waals surface area contributed by atoms with Crippen LogP contribution in [0.1, 0.15) is 28.8 Å². The minimum Gasteiger partial charge on any atom is -0.487 e. The number of likely N-dealkylation sites (tertiary alicyclic amines) is 1. The second kappa shape index (κ2) is 10.4. The first-order valence-electron chi connectivity index (χ1n) is 10.6. The summed E-state index contributed by atoms with van der Waals surface area (Å²) in [4.78, 5) is 14.8. The van der Waals surface area contributed by atoms with Crippen molar-refractivity contribution in [2.45, 2.75) is 31.4 Å². The molecule has 4 rings (SSSR count). The van der Waals surface area contributed by atoms with Gasteiger partial charge in [0.25, 0.3) is 5.91 Å². The van der Waals surface area contributed by atoms with Gasteiger partial charge in [-0.05, 0) is 61.7 Å². The van der Waals surface area contributed by atoms with E-state index in [2.05, 4.69) is 21.6 Å². The number of ether oxygens (including phenoxy) is 1. The molecule has 0 unspecified atom stereocenters. The minimum atomic E-state index is -0.120. The molecule has 0 bridgehead atoms. The lowest BCUT2D eigenvalue weighted by atomic mass is 10.1. The van der Waals surface area contributed by atoms with Crippen LogP contribution in [0.2, 0.25) is 15.1 Å². The van der Waals surface area contributed by atoms with Crippen LogP contribution in [-0.2, 0) is 6.42 Å². The Labute approximate surface area is 198 Å². The maximum absolute atomic E-state index is 12.5. The Morgan fingerprint density at radius 3 is 2.71 bits per heavy atom. The molecule has 0 radical (unpaired) electrons. The van der Waals surface area contributed by atoms with Crippen molar-refractivity contribution in [3.05, 3.63) is 62.6 Å². The van der Waals surface area contributed by atoms with Gasteiger partial charge in [0, 0.05) is 37.8 Å². The van der Waals surface area contributed by atoms with E-state index in [9.17, 15) is 4.79 Å². The van der Waals surface area contributed by atoms with Crippen molar-refractivity contribution < 1.29 is 9.53 Å². The Bertz CT molecular complexity index is 934. The lowest BCUT2D eigenvalue weighted by Gasteiger charge is -2.18. The molecular formula is C23H26Cl3N3O2. The number of carbonyl (C=O) groups is 1. The van der Waals surface area contributed by atoms with E-state index >= 15 is 0 Å². The molecule has 2 aliphatic rings. The Balaban J connectivity index is 1.24. The van der Waals surface area contributed by atoms with Gasteiger partial charge < -0.3 is 20.3 Å². The van der Waals surface area contributed by atoms with Crippen molar-refractivity contribution in [1.82, 2.24) is 15.5 Å². The molecule has 2 aliphatic heterocycles. The summed E-state index contributed by atoms with van der Waals surface area (Å²) in [6.45, 7) is 4.57. The third-order valence-electron chi connectivity index (χ3n) is 5.81. The van der Waals surface area contributed by atoms with E-state index in [4.69, 9.17) is 39.5 Å². The standard InChI is InChI=1S/C23H26Cl3N3O2/c24-19-3-2-16(12-20(19)25)23(30)28-17-7-10-29(14-17)9-6-15-1-4-22(21(26)11-15)31-18-5-8-27-13-18/h1-4,11-12,17-18,27H,5-10,13-14H2,(H,28,30)/t17-,18-/m0/s1. The normalized spacial score (nSPS) is 21.4. The number of amides is 1. The van der Waals surface area contributed by atoms with E-state index in [1.807, 2.05) is 12.1 Å². The highest BCUT2D eigenvalue weighted by Gasteiger charge is 2.24. The summed E-state index contributed by atoms with van der Waals surface area (Å²) in [6, 6.07) is 11.1.